The van der Waals surface area contributed by atoms with Gasteiger partial charge in [0.05, 0.1) is 45.7 Å². The van der Waals surface area contributed by atoms with Gasteiger partial charge in [-0.25, -0.2) is 4.57 Å². The maximum Gasteiger partial charge on any atom is 0.472 e. The fraction of sp³-hybridized carbons (Fsp3) is 0.967. The molecule has 6 fully saturated rings. The van der Waals surface area contributed by atoms with Gasteiger partial charge in [-0.15, -0.1) is 0 Å². The Morgan fingerprint density at radius 2 is 0.611 bits per heavy atom. The zero-order valence-electron chi connectivity index (χ0n) is 77.7. The van der Waals surface area contributed by atoms with Gasteiger partial charge >= 0.3 is 25.7 Å². The van der Waals surface area contributed by atoms with Gasteiger partial charge in [-0.3, -0.25) is 23.4 Å². The third kappa shape index (κ3) is 40.1. The van der Waals surface area contributed by atoms with E-state index in [4.69, 9.17) is 76.4 Å². The highest BCUT2D eigenvalue weighted by molar-refractivity contribution is 7.47. The Hall–Kier alpha value is -2.64. The van der Waals surface area contributed by atoms with Crippen LogP contribution in [0.5, 0.6) is 0 Å². The normalized spacial score (nSPS) is 34.3. The number of esters is 3. The molecule has 1 aliphatic carbocycles. The molecule has 0 spiro atoms. The van der Waals surface area contributed by atoms with E-state index >= 15 is 0 Å². The minimum absolute atomic E-state index is 0.0219. The molecular weight excluding hydrogens is 1750 g/mol. The minimum Gasteiger partial charge on any atom is -0.462 e. The summed E-state index contributed by atoms with van der Waals surface area (Å²) in [4.78, 5) is 52.7. The van der Waals surface area contributed by atoms with Crippen molar-refractivity contribution in [3.05, 3.63) is 0 Å². The molecule has 0 aromatic carbocycles. The van der Waals surface area contributed by atoms with Gasteiger partial charge in [-0.2, -0.15) is 0 Å². The fourth-order valence-corrected chi connectivity index (χ4v) is 18.5. The molecule has 131 heavy (non-hydrogen) atoms. The maximum absolute atomic E-state index is 14.6. The van der Waals surface area contributed by atoms with Crippen molar-refractivity contribution >= 4 is 25.7 Å². The number of ether oxygens (including phenoxy) is 13. The Bertz CT molecular complexity index is 3020. The summed E-state index contributed by atoms with van der Waals surface area (Å²) in [5.41, 5.74) is 6.63. The highest BCUT2D eigenvalue weighted by Gasteiger charge is 2.60. The van der Waals surface area contributed by atoms with Crippen molar-refractivity contribution < 1.29 is 186 Å². The van der Waals surface area contributed by atoms with Gasteiger partial charge in [0, 0.05) is 19.3 Å². The van der Waals surface area contributed by atoms with Crippen LogP contribution in [0.3, 0.4) is 0 Å². The lowest BCUT2D eigenvalue weighted by Crippen LogP contribution is -2.70. The lowest BCUT2D eigenvalue weighted by molar-refractivity contribution is -0.396. The first-order valence-corrected chi connectivity index (χ1v) is 50.9. The quantitative estimate of drug-likeness (QED) is 0.0174. The SMILES string of the molecule is CCCCCCCCCCCCCCCCCC(=O)OC[C@H](COP(=O)(O)O[C@@H]1[C@H](OC(=O)CCCCCCCCCCCCCCC)[C@H](O)[C@@H](O)[C@H](O)[C@H]1O[C@H]1O[C@H](CO)[C@@H](O[C@H]2O[C@H](CO[C@H]3O[C@H](CO)[C@@H](O)[C@H](O)[C@@H]3O[C@H]3O[C@H](CO)[C@@H](O)[C@H](O)[C@@H]3O[C@H]3O[C@H](CO)[C@@H](O)[C@H](O)[C@@H]3O)[C@@H](O)[C@H](O)[C@@H]2O)[C@H](O)[C@H]1N)OC(=O)CCCCCCCCCCCCCCCCC. The zero-order valence-corrected chi connectivity index (χ0v) is 78.6. The second kappa shape index (κ2) is 65.4. The molecule has 0 aromatic heterocycles. The van der Waals surface area contributed by atoms with E-state index in [1.807, 2.05) is 0 Å². The average molecular weight is 1920 g/mol. The molecule has 5 heterocycles. The molecule has 5 saturated heterocycles. The van der Waals surface area contributed by atoms with Gasteiger partial charge in [0.1, 0.15) is 153 Å². The fourth-order valence-electron chi connectivity index (χ4n) is 17.5. The molecule has 0 bridgehead atoms. The number of carbonyl (C=O) groups excluding carboxylic acids is 3. The van der Waals surface area contributed by atoms with E-state index < -0.39 is 268 Å². The standard InChI is InChI=1S/C91H168NO38P/c1-4-7-10-13-16-19-22-25-27-30-32-35-38-41-44-47-63(97)116-54-57(119-64(98)48-45-42-39-36-34-31-28-26-23-20-17-14-11-8-5-2)55-118-131(114,115)130-86-82(125-65(99)49-46-43-40-37-33-29-24-21-18-15-12-9-6-3)77(110)74(107)78(111)83(86)127-87-66(92)71(104)81(61(53-96)123-87)126-89-80(113)73(106)70(103)62(124-89)56-117-90-84(75(108)68(101)59(51-94)121-90)129-91-85(76(109)69(102)60(52-95)122-91)128-88-79(112)72(105)67(100)58(50-93)120-88/h57-62,66-91,93-96,100-113H,4-56,92H2,1-3H3,(H,114,115)/t57-,58-,59-,60-,61-,62-,66-,67-,68-,69-,70-,71-,72+,73+,74-,75+,76+,77-,78+,79+,80+,81-,82-,83-,84+,85+,86-,87-,88-,89-,90+,91-/m1/s1. The molecule has 1 saturated carbocycles. The number of rotatable bonds is 70. The highest BCUT2D eigenvalue weighted by atomic mass is 31.2. The van der Waals surface area contributed by atoms with Gasteiger partial charge in [0.15, 0.2) is 43.7 Å². The molecule has 1 unspecified atom stereocenters. The summed E-state index contributed by atoms with van der Waals surface area (Å²) >= 11 is 0. The van der Waals surface area contributed by atoms with Crippen LogP contribution in [0.2, 0.25) is 0 Å². The number of aliphatic hydroxyl groups excluding tert-OH is 18. The van der Waals surface area contributed by atoms with Crippen molar-refractivity contribution in [1.82, 2.24) is 0 Å². The van der Waals surface area contributed by atoms with Crippen molar-refractivity contribution in [1.29, 1.82) is 0 Å². The van der Waals surface area contributed by atoms with Crippen molar-refractivity contribution in [2.45, 2.75) is 512 Å². The van der Waals surface area contributed by atoms with Crippen molar-refractivity contribution in [3.8, 4) is 0 Å². The molecule has 21 N–H and O–H groups in total. The number of hydrogen-bond donors (Lipinski definition) is 20. The van der Waals surface area contributed by atoms with Gasteiger partial charge in [0.25, 0.3) is 0 Å². The summed E-state index contributed by atoms with van der Waals surface area (Å²) in [6.07, 6.45) is -18.1. The lowest BCUT2D eigenvalue weighted by Gasteiger charge is -2.49. The summed E-state index contributed by atoms with van der Waals surface area (Å²) in [5, 5.41) is 200. The largest absolute Gasteiger partial charge is 0.472 e. The van der Waals surface area contributed by atoms with Crippen LogP contribution in [0.25, 0.3) is 0 Å². The number of phosphoric acid groups is 1. The number of hydrogen-bond acceptors (Lipinski definition) is 38. The Morgan fingerprint density at radius 3 is 1.03 bits per heavy atom. The van der Waals surface area contributed by atoms with E-state index in [1.165, 1.54) is 141 Å². The van der Waals surface area contributed by atoms with Gasteiger partial charge in [-0.05, 0) is 19.3 Å². The molecule has 770 valence electrons. The Kier molecular flexibility index (Phi) is 58.4. The van der Waals surface area contributed by atoms with Crippen LogP contribution >= 0.6 is 7.82 Å². The Labute approximate surface area is 773 Å². The number of phosphoric ester groups is 1. The number of aliphatic hydroxyl groups is 18. The Morgan fingerprint density at radius 1 is 0.305 bits per heavy atom. The number of unbranched alkanes of at least 4 members (excludes halogenated alkanes) is 40. The number of nitrogens with two attached hydrogens (primary N) is 1. The van der Waals surface area contributed by atoms with E-state index in [9.17, 15) is 116 Å². The molecule has 0 radical (unpaired) electrons. The summed E-state index contributed by atoms with van der Waals surface area (Å²) in [5.74, 6) is -2.36. The van der Waals surface area contributed by atoms with Crippen molar-refractivity contribution in [2.24, 2.45) is 5.73 Å². The molecule has 40 heteroatoms. The average Bonchev–Trinajstić information content (AvgIpc) is 0.766. The van der Waals surface area contributed by atoms with E-state index in [-0.39, 0.29) is 25.7 Å². The third-order valence-electron chi connectivity index (χ3n) is 25.8. The summed E-state index contributed by atoms with van der Waals surface area (Å²) in [6.45, 7) is -0.0687. The summed E-state index contributed by atoms with van der Waals surface area (Å²) in [6, 6.07) is -1.95. The predicted molar refractivity (Wildman–Crippen MR) is 470 cm³/mol. The topological polar surface area (TPSA) is 617 Å². The third-order valence-corrected chi connectivity index (χ3v) is 26.8. The molecular formula is C91H168NO38P. The smallest absolute Gasteiger partial charge is 0.462 e. The molecule has 6 aliphatic rings. The second-order valence-electron chi connectivity index (χ2n) is 36.6. The first-order chi connectivity index (χ1) is 63.0. The van der Waals surface area contributed by atoms with Crippen LogP contribution < -0.4 is 5.73 Å². The first kappa shape index (κ1) is 117. The molecule has 33 atom stereocenters. The van der Waals surface area contributed by atoms with E-state index in [0.29, 0.717) is 25.7 Å². The highest BCUT2D eigenvalue weighted by Crippen LogP contribution is 2.49. The van der Waals surface area contributed by atoms with E-state index in [2.05, 4.69) is 20.8 Å². The minimum atomic E-state index is -5.73. The van der Waals surface area contributed by atoms with Crippen LogP contribution in [-0.2, 0) is 89.6 Å². The van der Waals surface area contributed by atoms with Crippen molar-refractivity contribution in [3.63, 3.8) is 0 Å². The maximum atomic E-state index is 14.6. The van der Waals surface area contributed by atoms with Gasteiger partial charge in [0.2, 0.25) is 0 Å². The van der Waals surface area contributed by atoms with Crippen molar-refractivity contribution in [2.75, 3.05) is 46.2 Å². The lowest BCUT2D eigenvalue weighted by atomic mass is 9.84. The van der Waals surface area contributed by atoms with Crippen LogP contribution in [0.1, 0.15) is 316 Å². The monoisotopic (exact) mass is 1910 g/mol. The van der Waals surface area contributed by atoms with E-state index in [0.717, 1.165) is 103 Å². The second-order valence-corrected chi connectivity index (χ2v) is 38.0. The Balaban J connectivity index is 1.16. The van der Waals surface area contributed by atoms with Crippen LogP contribution in [-0.4, -0.2) is 357 Å². The summed E-state index contributed by atoms with van der Waals surface area (Å²) in [7, 11) is -5.73. The first-order valence-electron chi connectivity index (χ1n) is 49.4. The van der Waals surface area contributed by atoms with Crippen LogP contribution in [0, 0.1) is 0 Å². The van der Waals surface area contributed by atoms with Gasteiger partial charge < -0.3 is 164 Å². The predicted octanol–water partition coefficient (Wildman–Crippen LogP) is 4.40. The molecule has 5 aliphatic heterocycles. The zero-order chi connectivity index (χ0) is 95.8. The van der Waals surface area contributed by atoms with Crippen LogP contribution in [0.15, 0.2) is 0 Å². The van der Waals surface area contributed by atoms with Gasteiger partial charge in [-0.1, -0.05) is 278 Å². The number of carbonyl (C=O) groups is 3. The molecule has 0 amide bonds. The molecule has 0 aromatic rings. The summed E-state index contributed by atoms with van der Waals surface area (Å²) < 4.78 is 102. The molecule has 39 nitrogen and oxygen atoms in total. The molecule has 6 rings (SSSR count). The van der Waals surface area contributed by atoms with E-state index in [1.54, 1.807) is 0 Å². The van der Waals surface area contributed by atoms with Crippen LogP contribution in [0.4, 0.5) is 0 Å².